The van der Waals surface area contributed by atoms with Gasteiger partial charge in [-0.15, -0.1) is 0 Å². The molecule has 0 bridgehead atoms. The van der Waals surface area contributed by atoms with E-state index in [9.17, 15) is 18.0 Å². The van der Waals surface area contributed by atoms with Crippen molar-refractivity contribution in [3.05, 3.63) is 64.7 Å². The van der Waals surface area contributed by atoms with Gasteiger partial charge in [0, 0.05) is 6.54 Å². The van der Waals surface area contributed by atoms with Crippen LogP contribution in [0.3, 0.4) is 0 Å². The average Bonchev–Trinajstić information content (AvgIpc) is 2.82. The summed E-state index contributed by atoms with van der Waals surface area (Å²) < 4.78 is 25.1. The normalized spacial score (nSPS) is 18.5. The third-order valence-electron chi connectivity index (χ3n) is 4.33. The van der Waals surface area contributed by atoms with Gasteiger partial charge < -0.3 is 5.32 Å². The first-order valence-corrected chi connectivity index (χ1v) is 10.5. The quantitative estimate of drug-likeness (QED) is 0.827. The average molecular weight is 407 g/mol. The van der Waals surface area contributed by atoms with Gasteiger partial charge in [0.1, 0.15) is 0 Å². The molecule has 2 aromatic rings. The summed E-state index contributed by atoms with van der Waals surface area (Å²) >= 11 is 6.18. The van der Waals surface area contributed by atoms with E-state index in [2.05, 4.69) is 5.32 Å². The first kappa shape index (κ1) is 19.4. The summed E-state index contributed by atoms with van der Waals surface area (Å²) in [6.07, 6.45) is 0.681. The number of rotatable bonds is 5. The smallest absolute Gasteiger partial charge is 0.252 e. The van der Waals surface area contributed by atoms with Crippen LogP contribution in [0.4, 0.5) is 5.69 Å². The summed E-state index contributed by atoms with van der Waals surface area (Å²) in [7, 11) is -3.71. The summed E-state index contributed by atoms with van der Waals surface area (Å²) in [6, 6.07) is 13.9. The van der Waals surface area contributed by atoms with Crippen molar-refractivity contribution >= 4 is 39.1 Å². The minimum Gasteiger partial charge on any atom is -0.352 e. The second-order valence-electron chi connectivity index (χ2n) is 6.44. The molecule has 8 heteroatoms. The Morgan fingerprint density at radius 2 is 1.93 bits per heavy atom. The van der Waals surface area contributed by atoms with E-state index >= 15 is 0 Å². The Kier molecular flexibility index (Phi) is 5.53. The molecule has 0 aliphatic carbocycles. The number of benzene rings is 2. The highest BCUT2D eigenvalue weighted by atomic mass is 35.5. The van der Waals surface area contributed by atoms with Gasteiger partial charge in [0.2, 0.25) is 15.9 Å². The molecular weight excluding hydrogens is 388 g/mol. The van der Waals surface area contributed by atoms with E-state index < -0.39 is 21.8 Å². The largest absolute Gasteiger partial charge is 0.352 e. The number of carbonyl (C=O) groups excluding carboxylic acids is 2. The van der Waals surface area contributed by atoms with Gasteiger partial charge in [-0.1, -0.05) is 48.9 Å². The van der Waals surface area contributed by atoms with E-state index in [1.165, 1.54) is 18.2 Å². The third kappa shape index (κ3) is 4.14. The number of halogens is 1. The van der Waals surface area contributed by atoms with Crippen LogP contribution in [0.25, 0.3) is 0 Å². The van der Waals surface area contributed by atoms with Crippen LogP contribution in [0.5, 0.6) is 0 Å². The van der Waals surface area contributed by atoms with Gasteiger partial charge >= 0.3 is 0 Å². The summed E-state index contributed by atoms with van der Waals surface area (Å²) in [5.74, 6) is -1.68. The lowest BCUT2D eigenvalue weighted by Gasteiger charge is -2.16. The molecule has 27 heavy (non-hydrogen) atoms. The topological polar surface area (TPSA) is 83.6 Å². The molecule has 0 spiro atoms. The third-order valence-corrected chi connectivity index (χ3v) is 6.52. The molecule has 3 rings (SSSR count). The standard InChI is InChI=1S/C19H19ClN2O4S/c1-13-12-27(25,26)22(19(13)24)15-7-8-16(17(20)11-15)18(23)21-10-9-14-5-3-2-4-6-14/h2-8,11,13H,9-10,12H2,1H3,(H,21,23). The zero-order valence-electron chi connectivity index (χ0n) is 14.7. The van der Waals surface area contributed by atoms with E-state index in [1.807, 2.05) is 30.3 Å². The minimum absolute atomic E-state index is 0.0901. The van der Waals surface area contributed by atoms with E-state index in [0.717, 1.165) is 9.87 Å². The van der Waals surface area contributed by atoms with Crippen LogP contribution in [0.15, 0.2) is 48.5 Å². The highest BCUT2D eigenvalue weighted by molar-refractivity contribution is 7.94. The Bertz CT molecular complexity index is 976. The lowest BCUT2D eigenvalue weighted by Crippen LogP contribution is -2.30. The van der Waals surface area contributed by atoms with Crippen LogP contribution in [0, 0.1) is 5.92 Å². The van der Waals surface area contributed by atoms with Gasteiger partial charge in [0.25, 0.3) is 5.91 Å². The molecule has 1 saturated heterocycles. The summed E-state index contributed by atoms with van der Waals surface area (Å²) in [6.45, 7) is 2.01. The van der Waals surface area contributed by atoms with E-state index in [0.29, 0.717) is 13.0 Å². The van der Waals surface area contributed by atoms with Crippen LogP contribution < -0.4 is 9.62 Å². The van der Waals surface area contributed by atoms with E-state index in [1.54, 1.807) is 6.92 Å². The van der Waals surface area contributed by atoms with Gasteiger partial charge in [0.05, 0.1) is 27.9 Å². The Morgan fingerprint density at radius 3 is 2.52 bits per heavy atom. The van der Waals surface area contributed by atoms with Crippen LogP contribution in [0.2, 0.25) is 5.02 Å². The maximum atomic E-state index is 12.3. The second-order valence-corrected chi connectivity index (χ2v) is 8.71. The Hall–Kier alpha value is -2.38. The van der Waals surface area contributed by atoms with Crippen LogP contribution in [0.1, 0.15) is 22.8 Å². The first-order chi connectivity index (χ1) is 12.8. The van der Waals surface area contributed by atoms with Crippen molar-refractivity contribution in [1.29, 1.82) is 0 Å². The zero-order valence-corrected chi connectivity index (χ0v) is 16.3. The summed E-state index contributed by atoms with van der Waals surface area (Å²) in [5, 5.41) is 2.88. The monoisotopic (exact) mass is 406 g/mol. The van der Waals surface area contributed by atoms with Crippen molar-refractivity contribution in [2.45, 2.75) is 13.3 Å². The number of sulfonamides is 1. The van der Waals surface area contributed by atoms with Gasteiger partial charge in [-0.05, 0) is 30.2 Å². The highest BCUT2D eigenvalue weighted by Gasteiger charge is 2.42. The Morgan fingerprint density at radius 1 is 1.22 bits per heavy atom. The molecule has 2 amide bonds. The zero-order chi connectivity index (χ0) is 19.6. The number of hydrogen-bond acceptors (Lipinski definition) is 4. The molecule has 1 aliphatic heterocycles. The van der Waals surface area contributed by atoms with Crippen LogP contribution in [-0.4, -0.2) is 32.5 Å². The highest BCUT2D eigenvalue weighted by Crippen LogP contribution is 2.31. The van der Waals surface area contributed by atoms with Crippen LogP contribution in [-0.2, 0) is 21.2 Å². The molecule has 1 heterocycles. The van der Waals surface area contributed by atoms with Crippen molar-refractivity contribution in [3.8, 4) is 0 Å². The number of hydrogen-bond donors (Lipinski definition) is 1. The second kappa shape index (κ2) is 7.70. The number of nitrogens with zero attached hydrogens (tertiary/aromatic N) is 1. The molecule has 0 aromatic heterocycles. The molecule has 1 fully saturated rings. The fourth-order valence-corrected chi connectivity index (χ4v) is 5.03. The van der Waals surface area contributed by atoms with Crippen molar-refractivity contribution in [3.63, 3.8) is 0 Å². The molecule has 0 saturated carbocycles. The predicted molar refractivity (Wildman–Crippen MR) is 104 cm³/mol. The molecule has 2 aromatic carbocycles. The fourth-order valence-electron chi connectivity index (χ4n) is 2.96. The Labute approximate surface area is 163 Å². The van der Waals surface area contributed by atoms with Crippen molar-refractivity contribution < 1.29 is 18.0 Å². The van der Waals surface area contributed by atoms with E-state index in [4.69, 9.17) is 11.6 Å². The van der Waals surface area contributed by atoms with Gasteiger partial charge in [-0.25, -0.2) is 12.7 Å². The lowest BCUT2D eigenvalue weighted by molar-refractivity contribution is -0.119. The van der Waals surface area contributed by atoms with Gasteiger partial charge in [-0.3, -0.25) is 9.59 Å². The predicted octanol–water partition coefficient (Wildman–Crippen LogP) is 2.63. The lowest BCUT2D eigenvalue weighted by atomic mass is 10.1. The molecule has 0 radical (unpaired) electrons. The summed E-state index contributed by atoms with van der Waals surface area (Å²) in [4.78, 5) is 24.5. The van der Waals surface area contributed by atoms with Gasteiger partial charge in [0.15, 0.2) is 0 Å². The number of amides is 2. The maximum Gasteiger partial charge on any atom is 0.252 e. The van der Waals surface area contributed by atoms with E-state index in [-0.39, 0.29) is 27.9 Å². The number of nitrogens with one attached hydrogen (secondary N) is 1. The molecular formula is C19H19ClN2O4S. The van der Waals surface area contributed by atoms with Crippen molar-refractivity contribution in [1.82, 2.24) is 5.32 Å². The fraction of sp³-hybridized carbons (Fsp3) is 0.263. The maximum absolute atomic E-state index is 12.3. The molecule has 1 atom stereocenters. The Balaban J connectivity index is 1.71. The van der Waals surface area contributed by atoms with Crippen LogP contribution >= 0.6 is 11.6 Å². The van der Waals surface area contributed by atoms with Crippen molar-refractivity contribution in [2.24, 2.45) is 5.92 Å². The summed E-state index contributed by atoms with van der Waals surface area (Å²) in [5.41, 5.74) is 1.48. The molecule has 6 nitrogen and oxygen atoms in total. The van der Waals surface area contributed by atoms with Gasteiger partial charge in [-0.2, -0.15) is 0 Å². The SMILES string of the molecule is CC1CS(=O)(=O)N(c2ccc(C(=O)NCCc3ccccc3)c(Cl)c2)C1=O. The number of carbonyl (C=O) groups is 2. The molecule has 1 unspecified atom stereocenters. The molecule has 1 N–H and O–H groups in total. The minimum atomic E-state index is -3.71. The van der Waals surface area contributed by atoms with Crippen molar-refractivity contribution in [2.75, 3.05) is 16.6 Å². The molecule has 1 aliphatic rings. The molecule has 142 valence electrons. The number of anilines is 1. The first-order valence-electron chi connectivity index (χ1n) is 8.48.